The molecule has 0 aliphatic heterocycles. The van der Waals surface area contributed by atoms with Crippen LogP contribution in [0.25, 0.3) is 0 Å². The molecule has 2 rings (SSSR count). The molecule has 2 aromatic rings. The van der Waals surface area contributed by atoms with Gasteiger partial charge in [-0.2, -0.15) is 0 Å². The Morgan fingerprint density at radius 2 is 2.11 bits per heavy atom. The molecule has 0 amide bonds. The first-order valence-corrected chi connectivity index (χ1v) is 5.73. The van der Waals surface area contributed by atoms with Crippen molar-refractivity contribution in [2.45, 2.75) is 12.8 Å². The van der Waals surface area contributed by atoms with Gasteiger partial charge in [-0.15, -0.1) is 0 Å². The third-order valence-electron chi connectivity index (χ3n) is 2.49. The summed E-state index contributed by atoms with van der Waals surface area (Å²) in [6, 6.07) is 13.3. The molecule has 0 saturated heterocycles. The smallest absolute Gasteiger partial charge is 0.303 e. The highest BCUT2D eigenvalue weighted by molar-refractivity contribution is 5.67. The number of nitrogens with zero attached hydrogens (tertiary/aromatic N) is 1. The van der Waals surface area contributed by atoms with E-state index in [1.54, 1.807) is 6.20 Å². The predicted molar refractivity (Wildman–Crippen MR) is 69.9 cm³/mol. The number of pyridine rings is 1. The van der Waals surface area contributed by atoms with Crippen molar-refractivity contribution in [3.05, 3.63) is 54.2 Å². The summed E-state index contributed by atoms with van der Waals surface area (Å²) >= 11 is 0. The number of rotatable bonds is 5. The molecule has 2 N–H and O–H groups in total. The highest BCUT2D eigenvalue weighted by Crippen LogP contribution is 2.16. The van der Waals surface area contributed by atoms with E-state index in [1.165, 1.54) is 0 Å². The van der Waals surface area contributed by atoms with E-state index in [0.717, 1.165) is 17.1 Å². The number of hydrogen-bond acceptors (Lipinski definition) is 3. The summed E-state index contributed by atoms with van der Waals surface area (Å²) in [5.74, 6) is -0.00836. The van der Waals surface area contributed by atoms with Crippen LogP contribution in [0.1, 0.15) is 12.0 Å². The van der Waals surface area contributed by atoms with E-state index in [0.29, 0.717) is 6.42 Å². The van der Waals surface area contributed by atoms with Crippen molar-refractivity contribution in [1.82, 2.24) is 4.98 Å². The fraction of sp³-hybridized carbons (Fsp3) is 0.143. The molecule has 0 atom stereocenters. The summed E-state index contributed by atoms with van der Waals surface area (Å²) in [4.78, 5) is 14.7. The molecule has 0 spiro atoms. The predicted octanol–water partition coefficient (Wildman–Crippen LogP) is 2.84. The van der Waals surface area contributed by atoms with Gasteiger partial charge in [0, 0.05) is 18.3 Å². The molecule has 0 aliphatic carbocycles. The van der Waals surface area contributed by atoms with E-state index >= 15 is 0 Å². The quantitative estimate of drug-likeness (QED) is 0.846. The molecule has 0 saturated carbocycles. The topological polar surface area (TPSA) is 62.2 Å². The number of benzene rings is 1. The minimum Gasteiger partial charge on any atom is -0.481 e. The van der Waals surface area contributed by atoms with Crippen molar-refractivity contribution in [2.75, 3.05) is 5.32 Å². The Balaban J connectivity index is 2.05. The van der Waals surface area contributed by atoms with Crippen LogP contribution in [0.3, 0.4) is 0 Å². The highest BCUT2D eigenvalue weighted by atomic mass is 16.4. The van der Waals surface area contributed by atoms with E-state index in [-0.39, 0.29) is 6.42 Å². The normalized spacial score (nSPS) is 10.0. The highest BCUT2D eigenvalue weighted by Gasteiger charge is 2.01. The third kappa shape index (κ3) is 3.59. The summed E-state index contributed by atoms with van der Waals surface area (Å²) in [7, 11) is 0. The fourth-order valence-corrected chi connectivity index (χ4v) is 1.64. The second kappa shape index (κ2) is 5.82. The van der Waals surface area contributed by atoms with Gasteiger partial charge in [-0.3, -0.25) is 4.79 Å². The van der Waals surface area contributed by atoms with Crippen LogP contribution in [0.15, 0.2) is 48.7 Å². The lowest BCUT2D eigenvalue weighted by molar-refractivity contribution is -0.136. The molecule has 0 aliphatic rings. The number of aryl methyl sites for hydroxylation is 1. The van der Waals surface area contributed by atoms with Gasteiger partial charge >= 0.3 is 5.97 Å². The van der Waals surface area contributed by atoms with Gasteiger partial charge in [-0.1, -0.05) is 18.2 Å². The number of nitrogens with one attached hydrogen (secondary N) is 1. The minimum atomic E-state index is -0.780. The van der Waals surface area contributed by atoms with Gasteiger partial charge in [0.2, 0.25) is 0 Å². The molecule has 92 valence electrons. The number of aliphatic carboxylic acids is 1. The van der Waals surface area contributed by atoms with Crippen molar-refractivity contribution in [3.63, 3.8) is 0 Å². The van der Waals surface area contributed by atoms with Gasteiger partial charge in [0.15, 0.2) is 0 Å². The fourth-order valence-electron chi connectivity index (χ4n) is 1.64. The van der Waals surface area contributed by atoms with Crippen molar-refractivity contribution in [1.29, 1.82) is 0 Å². The van der Waals surface area contributed by atoms with E-state index in [4.69, 9.17) is 5.11 Å². The number of anilines is 2. The molecule has 0 bridgehead atoms. The first-order valence-electron chi connectivity index (χ1n) is 5.73. The molecule has 4 heteroatoms. The van der Waals surface area contributed by atoms with Gasteiger partial charge in [0.1, 0.15) is 5.82 Å². The maximum absolute atomic E-state index is 10.5. The molecular weight excluding hydrogens is 228 g/mol. The molecule has 0 unspecified atom stereocenters. The van der Waals surface area contributed by atoms with Crippen molar-refractivity contribution < 1.29 is 9.90 Å². The second-order valence-corrected chi connectivity index (χ2v) is 3.93. The first-order chi connectivity index (χ1) is 8.74. The average molecular weight is 242 g/mol. The van der Waals surface area contributed by atoms with Crippen LogP contribution in [0.5, 0.6) is 0 Å². The van der Waals surface area contributed by atoms with E-state index in [1.807, 2.05) is 42.5 Å². The van der Waals surface area contributed by atoms with Gasteiger partial charge < -0.3 is 10.4 Å². The third-order valence-corrected chi connectivity index (χ3v) is 2.49. The van der Waals surface area contributed by atoms with Crippen molar-refractivity contribution >= 4 is 17.5 Å². The summed E-state index contributed by atoms with van der Waals surface area (Å²) in [5, 5.41) is 11.8. The zero-order valence-corrected chi connectivity index (χ0v) is 9.84. The second-order valence-electron chi connectivity index (χ2n) is 3.93. The van der Waals surface area contributed by atoms with Crippen LogP contribution in [-0.2, 0) is 11.2 Å². The number of carbonyl (C=O) groups is 1. The summed E-state index contributed by atoms with van der Waals surface area (Å²) in [6.07, 6.45) is 2.40. The Morgan fingerprint density at radius 1 is 1.22 bits per heavy atom. The van der Waals surface area contributed by atoms with E-state index < -0.39 is 5.97 Å². The van der Waals surface area contributed by atoms with Crippen LogP contribution < -0.4 is 5.32 Å². The number of carboxylic acid groups (broad SMARTS) is 1. The Bertz CT molecular complexity index is 526. The lowest BCUT2D eigenvalue weighted by Gasteiger charge is -2.07. The Kier molecular flexibility index (Phi) is 3.91. The molecule has 18 heavy (non-hydrogen) atoms. The van der Waals surface area contributed by atoms with Crippen LogP contribution in [0.4, 0.5) is 11.5 Å². The van der Waals surface area contributed by atoms with Gasteiger partial charge in [-0.25, -0.2) is 4.98 Å². The van der Waals surface area contributed by atoms with Crippen molar-refractivity contribution in [3.8, 4) is 0 Å². The summed E-state index contributed by atoms with van der Waals surface area (Å²) < 4.78 is 0. The maximum atomic E-state index is 10.5. The van der Waals surface area contributed by atoms with Crippen molar-refractivity contribution in [2.24, 2.45) is 0 Å². The lowest BCUT2D eigenvalue weighted by atomic mass is 10.1. The van der Waals surface area contributed by atoms with Gasteiger partial charge in [0.25, 0.3) is 0 Å². The average Bonchev–Trinajstić information content (AvgIpc) is 2.38. The largest absolute Gasteiger partial charge is 0.481 e. The zero-order chi connectivity index (χ0) is 12.8. The number of aromatic nitrogens is 1. The van der Waals surface area contributed by atoms with E-state index in [2.05, 4.69) is 10.3 Å². The maximum Gasteiger partial charge on any atom is 0.303 e. The molecular formula is C14H14N2O2. The monoisotopic (exact) mass is 242 g/mol. The van der Waals surface area contributed by atoms with Gasteiger partial charge in [0.05, 0.1) is 0 Å². The van der Waals surface area contributed by atoms with Crippen LogP contribution >= 0.6 is 0 Å². The summed E-state index contributed by atoms with van der Waals surface area (Å²) in [5.41, 5.74) is 1.91. The molecule has 1 aromatic carbocycles. The molecule has 1 aromatic heterocycles. The zero-order valence-electron chi connectivity index (χ0n) is 9.84. The molecule has 4 nitrogen and oxygen atoms in total. The van der Waals surface area contributed by atoms with Gasteiger partial charge in [-0.05, 0) is 36.2 Å². The number of hydrogen-bond donors (Lipinski definition) is 2. The molecule has 0 fully saturated rings. The first kappa shape index (κ1) is 12.1. The lowest BCUT2D eigenvalue weighted by Crippen LogP contribution is -1.98. The standard InChI is InChI=1S/C14H14N2O2/c17-14(18)8-7-11-4-3-5-12(10-11)16-13-6-1-2-9-15-13/h1-6,9-10H,7-8H2,(H,15,16)(H,17,18). The Hall–Kier alpha value is -2.36. The number of carboxylic acids is 1. The molecule has 1 heterocycles. The Morgan fingerprint density at radius 3 is 2.83 bits per heavy atom. The SMILES string of the molecule is O=C(O)CCc1cccc(Nc2ccccn2)c1. The minimum absolute atomic E-state index is 0.146. The molecule has 0 radical (unpaired) electrons. The Labute approximate surface area is 105 Å². The summed E-state index contributed by atoms with van der Waals surface area (Å²) in [6.45, 7) is 0. The van der Waals surface area contributed by atoms with Crippen LogP contribution in [0, 0.1) is 0 Å². The van der Waals surface area contributed by atoms with Crippen LogP contribution in [0.2, 0.25) is 0 Å². The van der Waals surface area contributed by atoms with E-state index in [9.17, 15) is 4.79 Å². The van der Waals surface area contributed by atoms with Crippen LogP contribution in [-0.4, -0.2) is 16.1 Å².